The molecule has 0 fully saturated rings. The van der Waals surface area contributed by atoms with E-state index in [0.717, 1.165) is 61.1 Å². The van der Waals surface area contributed by atoms with E-state index in [0.29, 0.717) is 11.3 Å². The minimum Gasteiger partial charge on any atom is -0.454 e. The van der Waals surface area contributed by atoms with Crippen LogP contribution in [-0.2, 0) is 0 Å². The Bertz CT molecular complexity index is 2600. The van der Waals surface area contributed by atoms with E-state index in [1.54, 1.807) is 6.07 Å². The molecular formula is C46H30FNO. The van der Waals surface area contributed by atoms with Gasteiger partial charge < -0.3 is 9.32 Å². The molecule has 0 aliphatic heterocycles. The van der Waals surface area contributed by atoms with Crippen molar-refractivity contribution in [1.82, 2.24) is 0 Å². The molecule has 8 aromatic carbocycles. The largest absolute Gasteiger partial charge is 0.454 e. The summed E-state index contributed by atoms with van der Waals surface area (Å²) >= 11 is 0. The molecule has 0 unspecified atom stereocenters. The average Bonchev–Trinajstić information content (AvgIpc) is 3.56. The van der Waals surface area contributed by atoms with Crippen molar-refractivity contribution in [3.8, 4) is 33.4 Å². The van der Waals surface area contributed by atoms with Gasteiger partial charge in [0.1, 0.15) is 11.4 Å². The molecule has 0 radical (unpaired) electrons. The van der Waals surface area contributed by atoms with Gasteiger partial charge in [0.05, 0.1) is 11.4 Å². The smallest absolute Gasteiger partial charge is 0.159 e. The summed E-state index contributed by atoms with van der Waals surface area (Å²) in [6.07, 6.45) is 0. The van der Waals surface area contributed by atoms with E-state index in [-0.39, 0.29) is 5.82 Å². The van der Waals surface area contributed by atoms with E-state index < -0.39 is 0 Å². The van der Waals surface area contributed by atoms with Crippen LogP contribution in [0.1, 0.15) is 0 Å². The van der Waals surface area contributed by atoms with Crippen LogP contribution in [0.15, 0.2) is 186 Å². The molecule has 1 heterocycles. The lowest BCUT2D eigenvalue weighted by Crippen LogP contribution is -2.13. The molecule has 0 bridgehead atoms. The van der Waals surface area contributed by atoms with Gasteiger partial charge in [-0.2, -0.15) is 0 Å². The third-order valence-electron chi connectivity index (χ3n) is 9.33. The van der Waals surface area contributed by atoms with E-state index in [1.807, 2.05) is 95.9 Å². The zero-order chi connectivity index (χ0) is 32.7. The predicted octanol–water partition coefficient (Wildman–Crippen LogP) is 13.3. The summed E-state index contributed by atoms with van der Waals surface area (Å²) in [6, 6.07) is 61.1. The lowest BCUT2D eigenvalue weighted by atomic mass is 9.95. The maximum Gasteiger partial charge on any atom is 0.159 e. The van der Waals surface area contributed by atoms with Crippen molar-refractivity contribution in [1.29, 1.82) is 0 Å². The number of nitrogens with zero attached hydrogens (tertiary/aromatic N) is 1. The van der Waals surface area contributed by atoms with E-state index >= 15 is 4.39 Å². The molecule has 2 nitrogen and oxygen atoms in total. The Balaban J connectivity index is 1.31. The van der Waals surface area contributed by atoms with E-state index in [1.165, 1.54) is 10.8 Å². The van der Waals surface area contributed by atoms with Crippen LogP contribution in [0.25, 0.3) is 66.1 Å². The Hall–Kier alpha value is -6.45. The van der Waals surface area contributed by atoms with Crippen molar-refractivity contribution >= 4 is 49.8 Å². The molecule has 1 aromatic heterocycles. The fraction of sp³-hybridized carbons (Fsp3) is 0. The van der Waals surface area contributed by atoms with Gasteiger partial charge in [0.2, 0.25) is 0 Å². The number of furan rings is 1. The van der Waals surface area contributed by atoms with Crippen molar-refractivity contribution in [2.45, 2.75) is 0 Å². The highest BCUT2D eigenvalue weighted by Crippen LogP contribution is 2.48. The number of hydrogen-bond acceptors (Lipinski definition) is 2. The SMILES string of the molecule is Fc1cc(-c2ccccc2)cc(-c2ccccc2)c1N(c1ccc(-c2cccc3ccccc23)cc1)c1cccc2c1oc1ccccc12. The summed E-state index contributed by atoms with van der Waals surface area (Å²) in [6.45, 7) is 0. The summed E-state index contributed by atoms with van der Waals surface area (Å²) in [5.74, 6) is -0.327. The van der Waals surface area contributed by atoms with E-state index in [2.05, 4.69) is 84.9 Å². The number of halogens is 1. The van der Waals surface area contributed by atoms with Crippen LogP contribution in [0.5, 0.6) is 0 Å². The predicted molar refractivity (Wildman–Crippen MR) is 202 cm³/mol. The maximum absolute atomic E-state index is 17.2. The molecule has 0 aliphatic rings. The topological polar surface area (TPSA) is 16.4 Å². The van der Waals surface area contributed by atoms with Gasteiger partial charge in [0.25, 0.3) is 0 Å². The van der Waals surface area contributed by atoms with Gasteiger partial charge in [-0.05, 0) is 75.0 Å². The first kappa shape index (κ1) is 28.7. The lowest BCUT2D eigenvalue weighted by Gasteiger charge is -2.29. The number of benzene rings is 8. The second-order valence-electron chi connectivity index (χ2n) is 12.2. The highest BCUT2D eigenvalue weighted by Gasteiger charge is 2.26. The van der Waals surface area contributed by atoms with E-state index in [9.17, 15) is 0 Å². The van der Waals surface area contributed by atoms with Crippen LogP contribution in [0.4, 0.5) is 21.5 Å². The molecular weight excluding hydrogens is 602 g/mol. The second kappa shape index (κ2) is 12.0. The Morgan fingerprint density at radius 1 is 0.429 bits per heavy atom. The zero-order valence-electron chi connectivity index (χ0n) is 26.6. The fourth-order valence-corrected chi connectivity index (χ4v) is 7.03. The Kier molecular flexibility index (Phi) is 7.02. The van der Waals surface area contributed by atoms with Gasteiger partial charge in [-0.3, -0.25) is 0 Å². The zero-order valence-corrected chi connectivity index (χ0v) is 26.6. The number of hydrogen-bond donors (Lipinski definition) is 0. The van der Waals surface area contributed by atoms with Crippen LogP contribution in [0, 0.1) is 5.82 Å². The normalized spacial score (nSPS) is 11.4. The molecule has 0 saturated heterocycles. The molecule has 0 amide bonds. The van der Waals surface area contributed by atoms with Crippen LogP contribution < -0.4 is 4.90 Å². The Morgan fingerprint density at radius 3 is 1.84 bits per heavy atom. The van der Waals surface area contributed by atoms with E-state index in [4.69, 9.17) is 4.42 Å². The molecule has 0 N–H and O–H groups in total. The Morgan fingerprint density at radius 2 is 1.04 bits per heavy atom. The molecule has 9 aromatic rings. The van der Waals surface area contributed by atoms with Gasteiger partial charge in [0, 0.05) is 22.0 Å². The molecule has 0 aliphatic carbocycles. The average molecular weight is 632 g/mol. The summed E-state index contributed by atoms with van der Waals surface area (Å²) in [5.41, 5.74) is 9.24. The maximum atomic E-state index is 17.2. The third kappa shape index (κ3) is 5.04. The molecule has 0 atom stereocenters. The van der Waals surface area contributed by atoms with Crippen LogP contribution in [-0.4, -0.2) is 0 Å². The summed E-state index contributed by atoms with van der Waals surface area (Å²) in [5, 5.41) is 4.38. The third-order valence-corrected chi connectivity index (χ3v) is 9.33. The van der Waals surface area contributed by atoms with Crippen LogP contribution >= 0.6 is 0 Å². The summed E-state index contributed by atoms with van der Waals surface area (Å²) < 4.78 is 23.7. The van der Waals surface area contributed by atoms with Crippen molar-refractivity contribution in [2.24, 2.45) is 0 Å². The molecule has 232 valence electrons. The van der Waals surface area contributed by atoms with Crippen molar-refractivity contribution in [3.63, 3.8) is 0 Å². The van der Waals surface area contributed by atoms with Crippen LogP contribution in [0.3, 0.4) is 0 Å². The minimum absolute atomic E-state index is 0.327. The fourth-order valence-electron chi connectivity index (χ4n) is 7.03. The van der Waals surface area contributed by atoms with Gasteiger partial charge in [0.15, 0.2) is 5.58 Å². The first-order chi connectivity index (χ1) is 24.2. The number of para-hydroxylation sites is 2. The summed E-state index contributed by atoms with van der Waals surface area (Å²) in [4.78, 5) is 2.02. The highest BCUT2D eigenvalue weighted by atomic mass is 19.1. The Labute approximate surface area is 283 Å². The number of anilines is 3. The highest BCUT2D eigenvalue weighted by molar-refractivity contribution is 6.11. The molecule has 3 heteroatoms. The molecule has 0 saturated carbocycles. The van der Waals surface area contributed by atoms with Gasteiger partial charge in [-0.15, -0.1) is 0 Å². The van der Waals surface area contributed by atoms with Crippen molar-refractivity contribution < 1.29 is 8.81 Å². The van der Waals surface area contributed by atoms with Gasteiger partial charge >= 0.3 is 0 Å². The first-order valence-electron chi connectivity index (χ1n) is 16.5. The number of fused-ring (bicyclic) bond motifs is 4. The number of rotatable bonds is 6. The second-order valence-corrected chi connectivity index (χ2v) is 12.2. The van der Waals surface area contributed by atoms with Crippen molar-refractivity contribution in [3.05, 3.63) is 188 Å². The van der Waals surface area contributed by atoms with Gasteiger partial charge in [-0.1, -0.05) is 146 Å². The van der Waals surface area contributed by atoms with Crippen LogP contribution in [0.2, 0.25) is 0 Å². The first-order valence-corrected chi connectivity index (χ1v) is 16.5. The lowest BCUT2D eigenvalue weighted by molar-refractivity contribution is 0.629. The molecule has 49 heavy (non-hydrogen) atoms. The van der Waals surface area contributed by atoms with Gasteiger partial charge in [-0.25, -0.2) is 4.39 Å². The molecule has 0 spiro atoms. The summed E-state index contributed by atoms with van der Waals surface area (Å²) in [7, 11) is 0. The molecule has 9 rings (SSSR count). The monoisotopic (exact) mass is 631 g/mol. The minimum atomic E-state index is -0.327. The standard InChI is InChI=1S/C46H30FNO/c47-42-30-35(31-13-3-1-4-14-31)29-41(33-15-5-2-6-16-33)45(42)48(43-23-12-22-40-39-20-9-10-24-44(39)49-46(40)43)36-27-25-34(26-28-36)38-21-11-18-32-17-7-8-19-37(32)38/h1-30H. The quantitative estimate of drug-likeness (QED) is 0.182. The van der Waals surface area contributed by atoms with Crippen molar-refractivity contribution in [2.75, 3.05) is 4.90 Å².